The molecule has 0 radical (unpaired) electrons. The molecule has 1 fully saturated rings. The monoisotopic (exact) mass is 282 g/mol. The standard InChI is InChI=1S/C15H23FN2O2/c1-12(19)10-17-6-8-18(9-7-17)11-15(20)13-2-4-14(16)5-3-13/h2-5,12,15,19-20H,6-11H2,1H3. The molecule has 20 heavy (non-hydrogen) atoms. The molecule has 1 aromatic rings. The molecule has 0 aromatic heterocycles. The molecule has 1 aliphatic rings. The van der Waals surface area contributed by atoms with E-state index in [4.69, 9.17) is 0 Å². The van der Waals surface area contributed by atoms with Gasteiger partial charge in [-0.3, -0.25) is 9.80 Å². The normalized spacial score (nSPS) is 20.8. The van der Waals surface area contributed by atoms with Crippen molar-refractivity contribution >= 4 is 0 Å². The fourth-order valence-electron chi connectivity index (χ4n) is 2.56. The Kier molecular flexibility index (Phi) is 5.48. The molecule has 2 rings (SSSR count). The third-order valence-corrected chi connectivity index (χ3v) is 3.67. The van der Waals surface area contributed by atoms with E-state index in [1.807, 2.05) is 0 Å². The van der Waals surface area contributed by atoms with Crippen molar-refractivity contribution in [2.75, 3.05) is 39.3 Å². The largest absolute Gasteiger partial charge is 0.392 e. The lowest BCUT2D eigenvalue weighted by atomic mass is 10.1. The van der Waals surface area contributed by atoms with Crippen molar-refractivity contribution in [1.29, 1.82) is 0 Å². The summed E-state index contributed by atoms with van der Waals surface area (Å²) in [5.41, 5.74) is 0.748. The van der Waals surface area contributed by atoms with Gasteiger partial charge < -0.3 is 10.2 Å². The highest BCUT2D eigenvalue weighted by Crippen LogP contribution is 2.16. The number of aliphatic hydroxyl groups is 2. The van der Waals surface area contributed by atoms with Gasteiger partial charge >= 0.3 is 0 Å². The summed E-state index contributed by atoms with van der Waals surface area (Å²) in [5.74, 6) is -0.285. The van der Waals surface area contributed by atoms with Gasteiger partial charge in [0.05, 0.1) is 12.2 Å². The van der Waals surface area contributed by atoms with Crippen molar-refractivity contribution in [2.45, 2.75) is 19.1 Å². The maximum absolute atomic E-state index is 12.8. The van der Waals surface area contributed by atoms with Crippen molar-refractivity contribution in [1.82, 2.24) is 9.80 Å². The van der Waals surface area contributed by atoms with E-state index in [2.05, 4.69) is 9.80 Å². The molecule has 0 spiro atoms. The van der Waals surface area contributed by atoms with E-state index >= 15 is 0 Å². The number of β-amino-alcohol motifs (C(OH)–C–C–N with tert-alkyl or cyclic N) is 2. The Hall–Kier alpha value is -1.01. The summed E-state index contributed by atoms with van der Waals surface area (Å²) < 4.78 is 12.8. The third kappa shape index (κ3) is 4.52. The third-order valence-electron chi connectivity index (χ3n) is 3.67. The molecule has 0 amide bonds. The molecule has 1 aliphatic heterocycles. The zero-order chi connectivity index (χ0) is 14.5. The fourth-order valence-corrected chi connectivity index (χ4v) is 2.56. The molecule has 5 heteroatoms. The number of rotatable bonds is 5. The molecule has 2 unspecified atom stereocenters. The lowest BCUT2D eigenvalue weighted by molar-refractivity contribution is 0.0526. The molecule has 1 saturated heterocycles. The summed E-state index contributed by atoms with van der Waals surface area (Å²) in [6.45, 7) is 6.63. The van der Waals surface area contributed by atoms with Gasteiger partial charge in [0.2, 0.25) is 0 Å². The van der Waals surface area contributed by atoms with Crippen LogP contribution in [-0.4, -0.2) is 65.4 Å². The number of benzene rings is 1. The molecular formula is C15H23FN2O2. The van der Waals surface area contributed by atoms with Gasteiger partial charge in [0.25, 0.3) is 0 Å². The van der Waals surface area contributed by atoms with Crippen LogP contribution < -0.4 is 0 Å². The van der Waals surface area contributed by atoms with Crippen molar-refractivity contribution < 1.29 is 14.6 Å². The second-order valence-electron chi connectivity index (χ2n) is 5.52. The molecule has 1 aromatic carbocycles. The highest BCUT2D eigenvalue weighted by molar-refractivity contribution is 5.18. The second kappa shape index (κ2) is 7.13. The first kappa shape index (κ1) is 15.4. The fraction of sp³-hybridized carbons (Fsp3) is 0.600. The molecule has 0 saturated carbocycles. The van der Waals surface area contributed by atoms with E-state index in [-0.39, 0.29) is 11.9 Å². The highest BCUT2D eigenvalue weighted by Gasteiger charge is 2.20. The average Bonchev–Trinajstić information content (AvgIpc) is 2.41. The predicted octanol–water partition coefficient (Wildman–Crippen LogP) is 0.857. The number of hydrogen-bond donors (Lipinski definition) is 2. The zero-order valence-corrected chi connectivity index (χ0v) is 11.9. The van der Waals surface area contributed by atoms with Crippen LogP contribution in [0.5, 0.6) is 0 Å². The summed E-state index contributed by atoms with van der Waals surface area (Å²) in [5, 5.41) is 19.5. The summed E-state index contributed by atoms with van der Waals surface area (Å²) in [7, 11) is 0. The van der Waals surface area contributed by atoms with Crippen molar-refractivity contribution in [3.05, 3.63) is 35.6 Å². The van der Waals surface area contributed by atoms with Crippen LogP contribution in [-0.2, 0) is 0 Å². The smallest absolute Gasteiger partial charge is 0.123 e. The van der Waals surface area contributed by atoms with E-state index in [1.54, 1.807) is 19.1 Å². The molecule has 0 bridgehead atoms. The van der Waals surface area contributed by atoms with Gasteiger partial charge in [-0.05, 0) is 24.6 Å². The quantitative estimate of drug-likeness (QED) is 0.841. The van der Waals surface area contributed by atoms with Crippen LogP contribution >= 0.6 is 0 Å². The Labute approximate surface area is 119 Å². The van der Waals surface area contributed by atoms with E-state index in [0.29, 0.717) is 13.1 Å². The maximum atomic E-state index is 12.8. The Morgan fingerprint density at radius 1 is 1.00 bits per heavy atom. The number of hydrogen-bond acceptors (Lipinski definition) is 4. The van der Waals surface area contributed by atoms with Crippen LogP contribution in [0.15, 0.2) is 24.3 Å². The molecule has 0 aliphatic carbocycles. The minimum Gasteiger partial charge on any atom is -0.392 e. The van der Waals surface area contributed by atoms with Gasteiger partial charge in [-0.1, -0.05) is 12.1 Å². The van der Waals surface area contributed by atoms with Gasteiger partial charge in [0.15, 0.2) is 0 Å². The first-order valence-corrected chi connectivity index (χ1v) is 7.11. The zero-order valence-electron chi connectivity index (χ0n) is 11.9. The minimum absolute atomic E-state index is 0.285. The minimum atomic E-state index is -0.584. The van der Waals surface area contributed by atoms with Gasteiger partial charge in [0.1, 0.15) is 5.82 Å². The van der Waals surface area contributed by atoms with Crippen molar-refractivity contribution in [3.63, 3.8) is 0 Å². The van der Waals surface area contributed by atoms with Gasteiger partial charge in [-0.25, -0.2) is 4.39 Å². The molecule has 112 valence electrons. The first-order chi connectivity index (χ1) is 9.54. The van der Waals surface area contributed by atoms with E-state index in [9.17, 15) is 14.6 Å². The lowest BCUT2D eigenvalue weighted by Gasteiger charge is -2.36. The van der Waals surface area contributed by atoms with Crippen molar-refractivity contribution in [3.8, 4) is 0 Å². The number of halogens is 1. The summed E-state index contributed by atoms with van der Waals surface area (Å²) in [4.78, 5) is 4.43. The molecular weight excluding hydrogens is 259 g/mol. The van der Waals surface area contributed by atoms with Gasteiger partial charge in [0, 0.05) is 39.3 Å². The summed E-state index contributed by atoms with van der Waals surface area (Å²) >= 11 is 0. The van der Waals surface area contributed by atoms with Crippen LogP contribution in [0, 0.1) is 5.82 Å². The molecule has 1 heterocycles. The molecule has 2 atom stereocenters. The Bertz CT molecular complexity index is 403. The Morgan fingerprint density at radius 2 is 1.50 bits per heavy atom. The topological polar surface area (TPSA) is 46.9 Å². The van der Waals surface area contributed by atoms with Crippen LogP contribution in [0.3, 0.4) is 0 Å². The maximum Gasteiger partial charge on any atom is 0.123 e. The summed E-state index contributed by atoms with van der Waals surface area (Å²) in [6, 6.07) is 6.01. The van der Waals surface area contributed by atoms with Crippen LogP contribution in [0.4, 0.5) is 4.39 Å². The van der Waals surface area contributed by atoms with Crippen LogP contribution in [0.2, 0.25) is 0 Å². The second-order valence-corrected chi connectivity index (χ2v) is 5.52. The van der Waals surface area contributed by atoms with Crippen LogP contribution in [0.25, 0.3) is 0 Å². The van der Waals surface area contributed by atoms with Gasteiger partial charge in [-0.15, -0.1) is 0 Å². The number of nitrogens with zero attached hydrogens (tertiary/aromatic N) is 2. The predicted molar refractivity (Wildman–Crippen MR) is 75.9 cm³/mol. The SMILES string of the molecule is CC(O)CN1CCN(CC(O)c2ccc(F)cc2)CC1. The van der Waals surface area contributed by atoms with Crippen molar-refractivity contribution in [2.24, 2.45) is 0 Å². The average molecular weight is 282 g/mol. The Morgan fingerprint density at radius 3 is 2.00 bits per heavy atom. The van der Waals surface area contributed by atoms with E-state index < -0.39 is 6.10 Å². The number of aliphatic hydroxyl groups excluding tert-OH is 2. The number of piperazine rings is 1. The highest BCUT2D eigenvalue weighted by atomic mass is 19.1. The summed E-state index contributed by atoms with van der Waals surface area (Å²) in [6.07, 6.45) is -0.884. The van der Waals surface area contributed by atoms with Gasteiger partial charge in [-0.2, -0.15) is 0 Å². The lowest BCUT2D eigenvalue weighted by Crippen LogP contribution is -2.49. The van der Waals surface area contributed by atoms with E-state index in [0.717, 1.165) is 31.7 Å². The Balaban J connectivity index is 1.79. The molecule has 2 N–H and O–H groups in total. The van der Waals surface area contributed by atoms with E-state index in [1.165, 1.54) is 12.1 Å². The molecule has 4 nitrogen and oxygen atoms in total. The van der Waals surface area contributed by atoms with Crippen LogP contribution in [0.1, 0.15) is 18.6 Å². The first-order valence-electron chi connectivity index (χ1n) is 7.11.